The lowest BCUT2D eigenvalue weighted by atomic mass is 10.1. The molecule has 1 amide bonds. The summed E-state index contributed by atoms with van der Waals surface area (Å²) in [7, 11) is 2.17. The largest absolute Gasteiger partial charge is 0.497 e. The lowest BCUT2D eigenvalue weighted by Gasteiger charge is -2.25. The van der Waals surface area contributed by atoms with E-state index in [-0.39, 0.29) is 17.7 Å². The molecule has 0 saturated heterocycles. The van der Waals surface area contributed by atoms with Gasteiger partial charge in [-0.2, -0.15) is 0 Å². The lowest BCUT2D eigenvalue weighted by molar-refractivity contribution is 0.0941. The van der Waals surface area contributed by atoms with Crippen LogP contribution in [0.1, 0.15) is 22.0 Å². The van der Waals surface area contributed by atoms with E-state index in [1.165, 1.54) is 11.8 Å². The first-order valence-corrected chi connectivity index (χ1v) is 12.2. The van der Waals surface area contributed by atoms with Crippen molar-refractivity contribution in [1.29, 1.82) is 0 Å². The van der Waals surface area contributed by atoms with Gasteiger partial charge < -0.3 is 19.9 Å². The zero-order valence-electron chi connectivity index (χ0n) is 17.5. The number of rotatable bonds is 6. The maximum absolute atomic E-state index is 12.8. The minimum atomic E-state index is -3.40. The van der Waals surface area contributed by atoms with Crippen molar-refractivity contribution in [3.05, 3.63) is 53.6 Å². The van der Waals surface area contributed by atoms with Crippen LogP contribution >= 0.6 is 11.8 Å². The smallest absolute Gasteiger partial charge is 0.257 e. The zero-order valence-corrected chi connectivity index (χ0v) is 19.2. The first-order chi connectivity index (χ1) is 14.8. The molecule has 2 aliphatic rings. The molecule has 0 fully saturated rings. The molecular weight excluding hydrogens is 436 g/mol. The monoisotopic (exact) mass is 460 g/mol. The Labute approximate surface area is 186 Å². The van der Waals surface area contributed by atoms with Crippen LogP contribution in [-0.4, -0.2) is 64.4 Å². The third-order valence-electron chi connectivity index (χ3n) is 5.31. The van der Waals surface area contributed by atoms with Crippen LogP contribution in [0.5, 0.6) is 5.75 Å². The number of anilines is 1. The second-order valence-corrected chi connectivity index (χ2v) is 10.3. The molecule has 1 N–H and O–H groups in total. The summed E-state index contributed by atoms with van der Waals surface area (Å²) in [6, 6.07) is 13.2. The number of benzene rings is 2. The Kier molecular flexibility index (Phi) is 5.96. The highest BCUT2D eigenvalue weighted by molar-refractivity contribution is 8.15. The maximum Gasteiger partial charge on any atom is 0.257 e. The second-order valence-electron chi connectivity index (χ2n) is 7.56. The molecule has 2 aromatic carbocycles. The summed E-state index contributed by atoms with van der Waals surface area (Å²) in [5.74, 6) is 0.605. The molecule has 4 rings (SSSR count). The van der Waals surface area contributed by atoms with Gasteiger partial charge in [0, 0.05) is 23.5 Å². The summed E-state index contributed by atoms with van der Waals surface area (Å²) in [5.41, 5.74) is 2.49. The number of hydrogen-bond acceptors (Lipinski definition) is 7. The molecule has 8 nitrogen and oxygen atoms in total. The fourth-order valence-corrected chi connectivity index (χ4v) is 5.88. The van der Waals surface area contributed by atoms with Gasteiger partial charge in [0.1, 0.15) is 5.75 Å². The second kappa shape index (κ2) is 8.52. The van der Waals surface area contributed by atoms with Crippen LogP contribution in [0.25, 0.3) is 0 Å². The van der Waals surface area contributed by atoms with Crippen LogP contribution in [0.15, 0.2) is 51.8 Å². The van der Waals surface area contributed by atoms with E-state index in [1.54, 1.807) is 19.2 Å². The van der Waals surface area contributed by atoms with Crippen molar-refractivity contribution in [1.82, 2.24) is 10.2 Å². The molecule has 0 saturated carbocycles. The van der Waals surface area contributed by atoms with Crippen LogP contribution in [0.4, 0.5) is 5.69 Å². The summed E-state index contributed by atoms with van der Waals surface area (Å²) in [5, 5.41) is 3.46. The highest BCUT2D eigenvalue weighted by Gasteiger charge is 2.33. The van der Waals surface area contributed by atoms with Crippen molar-refractivity contribution < 1.29 is 17.9 Å². The highest BCUT2D eigenvalue weighted by atomic mass is 32.2. The molecule has 31 heavy (non-hydrogen) atoms. The van der Waals surface area contributed by atoms with Gasteiger partial charge in [-0.05, 0) is 61.8 Å². The number of ether oxygens (including phenoxy) is 1. The van der Waals surface area contributed by atoms with Crippen LogP contribution in [0.3, 0.4) is 0 Å². The van der Waals surface area contributed by atoms with Crippen molar-refractivity contribution in [3.8, 4) is 5.75 Å². The Balaban J connectivity index is 1.47. The molecule has 1 unspecified atom stereocenters. The number of likely N-dealkylation sites (N-methyl/N-ethyl adjacent to an activating group) is 1. The third kappa shape index (κ3) is 4.56. The quantitative estimate of drug-likeness (QED) is 0.707. The Bertz CT molecular complexity index is 1130. The first kappa shape index (κ1) is 21.7. The number of carbonyl (C=O) groups is 1. The maximum atomic E-state index is 12.8. The van der Waals surface area contributed by atoms with E-state index >= 15 is 0 Å². The molecule has 1 atom stereocenters. The molecule has 2 aliphatic heterocycles. The van der Waals surface area contributed by atoms with Gasteiger partial charge >= 0.3 is 0 Å². The van der Waals surface area contributed by atoms with Gasteiger partial charge in [0.2, 0.25) is 0 Å². The third-order valence-corrected chi connectivity index (χ3v) is 7.62. The van der Waals surface area contributed by atoms with E-state index in [1.807, 2.05) is 49.3 Å². The number of methoxy groups -OCH3 is 1. The SMILES string of the molecule is COc1ccc(C(CNC(=O)c2ccc3c(c2)SC2=NS(=O)(=O)CCN23)N(C)C)cc1. The number of amides is 1. The van der Waals surface area contributed by atoms with E-state index in [4.69, 9.17) is 4.74 Å². The summed E-state index contributed by atoms with van der Waals surface area (Å²) in [4.78, 5) is 17.6. The number of nitrogens with one attached hydrogen (secondary N) is 1. The van der Waals surface area contributed by atoms with Gasteiger partial charge in [-0.3, -0.25) is 4.79 Å². The van der Waals surface area contributed by atoms with Crippen LogP contribution in [0.2, 0.25) is 0 Å². The molecule has 10 heteroatoms. The summed E-state index contributed by atoms with van der Waals surface area (Å²) >= 11 is 1.28. The Morgan fingerprint density at radius 1 is 1.26 bits per heavy atom. The minimum absolute atomic E-state index is 0.00395. The number of amidine groups is 1. The topological polar surface area (TPSA) is 91.3 Å². The molecule has 2 heterocycles. The molecule has 164 valence electrons. The first-order valence-electron chi connectivity index (χ1n) is 9.78. The number of hydrogen-bond donors (Lipinski definition) is 1. The Morgan fingerprint density at radius 3 is 2.68 bits per heavy atom. The number of carbonyl (C=O) groups excluding carboxylic acids is 1. The summed E-state index contributed by atoms with van der Waals surface area (Å²) < 4.78 is 32.6. The normalized spacial score (nSPS) is 17.5. The fourth-order valence-electron chi connectivity index (χ4n) is 3.59. The van der Waals surface area contributed by atoms with Crippen molar-refractivity contribution in [2.75, 3.05) is 44.9 Å². The molecule has 2 aromatic rings. The molecular formula is C21H24N4O4S2. The van der Waals surface area contributed by atoms with Crippen LogP contribution in [-0.2, 0) is 10.0 Å². The van der Waals surface area contributed by atoms with Gasteiger partial charge in [-0.1, -0.05) is 12.1 Å². The number of fused-ring (bicyclic) bond motifs is 3. The van der Waals surface area contributed by atoms with Gasteiger partial charge in [0.25, 0.3) is 15.9 Å². The number of thioether (sulfide) groups is 1. The predicted octanol–water partition coefficient (Wildman–Crippen LogP) is 2.34. The summed E-state index contributed by atoms with van der Waals surface area (Å²) in [6.45, 7) is 0.818. The van der Waals surface area contributed by atoms with E-state index in [9.17, 15) is 13.2 Å². The molecule has 0 aromatic heterocycles. The number of sulfonamides is 1. The highest BCUT2D eigenvalue weighted by Crippen LogP contribution is 2.42. The molecule has 0 bridgehead atoms. The standard InChI is InChI=1S/C21H24N4O4S2/c1-24(2)18(14-4-7-16(29-3)8-5-14)13-22-20(26)15-6-9-17-19(12-15)30-21-23-31(27,28)11-10-25(17)21/h4-9,12,18H,10-11,13H2,1-3H3,(H,22,26). The number of nitrogens with zero attached hydrogens (tertiary/aromatic N) is 3. The van der Waals surface area contributed by atoms with Crippen molar-refractivity contribution in [2.24, 2.45) is 4.40 Å². The van der Waals surface area contributed by atoms with Gasteiger partial charge in [-0.15, -0.1) is 4.40 Å². The minimum Gasteiger partial charge on any atom is -0.497 e. The average Bonchev–Trinajstić information content (AvgIpc) is 3.09. The van der Waals surface area contributed by atoms with E-state index in [0.717, 1.165) is 21.9 Å². The van der Waals surface area contributed by atoms with Crippen molar-refractivity contribution in [3.63, 3.8) is 0 Å². The Morgan fingerprint density at radius 2 is 2.00 bits per heavy atom. The van der Waals surface area contributed by atoms with Crippen LogP contribution < -0.4 is 15.0 Å². The summed E-state index contributed by atoms with van der Waals surface area (Å²) in [6.07, 6.45) is 0. The van der Waals surface area contributed by atoms with E-state index < -0.39 is 10.0 Å². The van der Waals surface area contributed by atoms with Gasteiger partial charge in [0.05, 0.1) is 24.6 Å². The Hall–Kier alpha value is -2.56. The fraction of sp³-hybridized carbons (Fsp3) is 0.333. The van der Waals surface area contributed by atoms with Crippen LogP contribution in [0, 0.1) is 0 Å². The van der Waals surface area contributed by atoms with Crippen molar-refractivity contribution >= 4 is 38.5 Å². The van der Waals surface area contributed by atoms with E-state index in [0.29, 0.717) is 23.8 Å². The molecule has 0 aliphatic carbocycles. The average molecular weight is 461 g/mol. The zero-order chi connectivity index (χ0) is 22.2. The predicted molar refractivity (Wildman–Crippen MR) is 123 cm³/mol. The molecule has 0 radical (unpaired) electrons. The lowest BCUT2D eigenvalue weighted by Crippen LogP contribution is -2.35. The van der Waals surface area contributed by atoms with E-state index in [2.05, 4.69) is 14.6 Å². The molecule has 0 spiro atoms. The van der Waals surface area contributed by atoms with Crippen molar-refractivity contribution in [2.45, 2.75) is 10.9 Å². The van der Waals surface area contributed by atoms with Gasteiger partial charge in [-0.25, -0.2) is 8.42 Å². The van der Waals surface area contributed by atoms with Gasteiger partial charge in [0.15, 0.2) is 5.17 Å².